The molecule has 4 heterocycles. The van der Waals surface area contributed by atoms with E-state index >= 15 is 0 Å². The highest BCUT2D eigenvalue weighted by Crippen LogP contribution is 2.42. The second-order valence-electron chi connectivity index (χ2n) is 9.23. The molecule has 0 aliphatic carbocycles. The number of rotatable bonds is 4. The summed E-state index contributed by atoms with van der Waals surface area (Å²) in [6.45, 7) is 25.7. The lowest BCUT2D eigenvalue weighted by Crippen LogP contribution is -2.54. The van der Waals surface area contributed by atoms with Crippen molar-refractivity contribution < 1.29 is 0 Å². The van der Waals surface area contributed by atoms with Crippen LogP contribution in [0.25, 0.3) is 0 Å². The number of nitrogens with zero attached hydrogens (tertiary/aromatic N) is 6. The molecule has 0 radical (unpaired) electrons. The number of aryl methyl sites for hydroxylation is 2. The molecule has 2 aliphatic heterocycles. The van der Waals surface area contributed by atoms with E-state index in [1.165, 1.54) is 0 Å². The summed E-state index contributed by atoms with van der Waals surface area (Å²) in [6.07, 6.45) is 5.66. The molecule has 1 atom stereocenters. The molecule has 2 aliphatic rings. The van der Waals surface area contributed by atoms with Crippen LogP contribution in [0.2, 0.25) is 0 Å². The molecule has 1 saturated heterocycles. The van der Waals surface area contributed by atoms with Gasteiger partial charge in [-0.1, -0.05) is 33.6 Å². The van der Waals surface area contributed by atoms with Gasteiger partial charge in [-0.2, -0.15) is 0 Å². The Hall–Kier alpha value is -3.41. The largest absolute Gasteiger partial charge is 0.368 e. The first kappa shape index (κ1) is 22.8. The number of aromatic nitrogens is 2. The second-order valence-corrected chi connectivity index (χ2v) is 9.23. The number of hydrogen-bond donors (Lipinski definition) is 0. The van der Waals surface area contributed by atoms with E-state index in [0.29, 0.717) is 5.82 Å². The number of aliphatic imine (C=N–C) groups is 1. The van der Waals surface area contributed by atoms with E-state index in [2.05, 4.69) is 79.2 Å². The summed E-state index contributed by atoms with van der Waals surface area (Å²) in [5, 5.41) is 0. The Morgan fingerprint density at radius 2 is 1.97 bits per heavy atom. The summed E-state index contributed by atoms with van der Waals surface area (Å²) in [5.74, 6) is 1.91. The number of allylic oxidation sites excluding steroid dienone is 1. The highest BCUT2D eigenvalue weighted by Gasteiger charge is 2.34. The molecule has 33 heavy (non-hydrogen) atoms. The van der Waals surface area contributed by atoms with Gasteiger partial charge in [0.05, 0.1) is 22.6 Å². The van der Waals surface area contributed by atoms with Gasteiger partial charge in [0.1, 0.15) is 11.7 Å². The Kier molecular flexibility index (Phi) is 6.11. The molecule has 4 rings (SSSR count). The fourth-order valence-corrected chi connectivity index (χ4v) is 4.69. The number of fused-ring (bicyclic) bond motifs is 1. The van der Waals surface area contributed by atoms with Crippen molar-refractivity contribution in [1.29, 1.82) is 0 Å². The lowest BCUT2D eigenvalue weighted by Gasteiger charge is -2.44. The Morgan fingerprint density at radius 3 is 2.64 bits per heavy atom. The standard InChI is InChI=1S/C27H34N6/c1-9-20(6)31-12-13-32(21(7)16-31)27-23-15-29-19(5)14-24(23)33(22(8)30-27)26-18(4)10-11-28-25(26)17(2)3/h9-11,14-15,17,21H,1,6,8,12-13,16H2,2-5,7H3. The van der Waals surface area contributed by atoms with Gasteiger partial charge in [-0.25, -0.2) is 4.99 Å². The van der Waals surface area contributed by atoms with Crippen molar-refractivity contribution in [3.05, 3.63) is 84.4 Å². The molecule has 2 aromatic heterocycles. The number of hydrogen-bond acceptors (Lipinski definition) is 6. The monoisotopic (exact) mass is 442 g/mol. The minimum Gasteiger partial charge on any atom is -0.368 e. The van der Waals surface area contributed by atoms with Crippen molar-refractivity contribution in [2.75, 3.05) is 24.5 Å². The SMILES string of the molecule is C=CC(=C)N1CCN(C2=NC(=C)N(c3c(C)ccnc3C(C)C)c3cc(C)ncc32)C(C)C1. The molecule has 6 nitrogen and oxygen atoms in total. The molecule has 0 saturated carbocycles. The van der Waals surface area contributed by atoms with Gasteiger partial charge in [0, 0.05) is 49.5 Å². The van der Waals surface area contributed by atoms with Crippen LogP contribution < -0.4 is 4.90 Å². The average molecular weight is 443 g/mol. The van der Waals surface area contributed by atoms with Gasteiger partial charge in [-0.3, -0.25) is 14.9 Å². The third kappa shape index (κ3) is 4.06. The molecule has 0 bridgehead atoms. The minimum absolute atomic E-state index is 0.258. The van der Waals surface area contributed by atoms with Crippen LogP contribution in [0.15, 0.2) is 66.8 Å². The fourth-order valence-electron chi connectivity index (χ4n) is 4.69. The smallest absolute Gasteiger partial charge is 0.142 e. The quantitative estimate of drug-likeness (QED) is 0.602. The van der Waals surface area contributed by atoms with E-state index in [4.69, 9.17) is 9.98 Å². The van der Waals surface area contributed by atoms with Crippen LogP contribution in [-0.4, -0.2) is 51.3 Å². The van der Waals surface area contributed by atoms with Gasteiger partial charge < -0.3 is 9.80 Å². The first-order chi connectivity index (χ1) is 15.7. The van der Waals surface area contributed by atoms with Crippen molar-refractivity contribution >= 4 is 17.2 Å². The predicted molar refractivity (Wildman–Crippen MR) is 137 cm³/mol. The summed E-state index contributed by atoms with van der Waals surface area (Å²) < 4.78 is 0. The van der Waals surface area contributed by atoms with Gasteiger partial charge in [0.25, 0.3) is 0 Å². The second kappa shape index (κ2) is 8.85. The lowest BCUT2D eigenvalue weighted by molar-refractivity contribution is 0.171. The molecule has 0 N–H and O–H groups in total. The first-order valence-electron chi connectivity index (χ1n) is 11.6. The van der Waals surface area contributed by atoms with E-state index < -0.39 is 0 Å². The molecule has 2 aromatic rings. The van der Waals surface area contributed by atoms with E-state index in [0.717, 1.165) is 65.1 Å². The highest BCUT2D eigenvalue weighted by atomic mass is 15.3. The topological polar surface area (TPSA) is 47.9 Å². The van der Waals surface area contributed by atoms with E-state index in [9.17, 15) is 0 Å². The van der Waals surface area contributed by atoms with Crippen LogP contribution >= 0.6 is 0 Å². The van der Waals surface area contributed by atoms with Gasteiger partial charge in [0.15, 0.2) is 0 Å². The molecule has 0 spiro atoms. The third-order valence-electron chi connectivity index (χ3n) is 6.46. The number of anilines is 2. The van der Waals surface area contributed by atoms with Crippen LogP contribution in [0.4, 0.5) is 11.4 Å². The van der Waals surface area contributed by atoms with Crippen molar-refractivity contribution in [2.24, 2.45) is 4.99 Å². The minimum atomic E-state index is 0.258. The zero-order valence-electron chi connectivity index (χ0n) is 20.5. The molecule has 6 heteroatoms. The fraction of sp³-hybridized carbons (Fsp3) is 0.370. The molecule has 0 amide bonds. The molecule has 1 fully saturated rings. The van der Waals surface area contributed by atoms with Crippen molar-refractivity contribution in [3.8, 4) is 0 Å². The normalized spacial score (nSPS) is 18.4. The van der Waals surface area contributed by atoms with E-state index in [1.807, 2.05) is 25.4 Å². The van der Waals surface area contributed by atoms with Crippen molar-refractivity contribution in [1.82, 2.24) is 19.8 Å². The third-order valence-corrected chi connectivity index (χ3v) is 6.46. The first-order valence-corrected chi connectivity index (χ1v) is 11.6. The highest BCUT2D eigenvalue weighted by molar-refractivity contribution is 6.07. The van der Waals surface area contributed by atoms with Gasteiger partial charge in [-0.15, -0.1) is 0 Å². The number of amidine groups is 1. The Morgan fingerprint density at radius 1 is 1.21 bits per heavy atom. The molecular weight excluding hydrogens is 408 g/mol. The van der Waals surface area contributed by atoms with Crippen molar-refractivity contribution in [3.63, 3.8) is 0 Å². The average Bonchev–Trinajstić information content (AvgIpc) is 2.78. The zero-order chi connectivity index (χ0) is 23.9. The summed E-state index contributed by atoms with van der Waals surface area (Å²) in [4.78, 5) is 21.2. The maximum Gasteiger partial charge on any atom is 0.142 e. The maximum absolute atomic E-state index is 5.06. The Bertz CT molecular complexity index is 1150. The molecule has 0 aromatic carbocycles. The summed E-state index contributed by atoms with van der Waals surface area (Å²) in [6, 6.07) is 4.44. The van der Waals surface area contributed by atoms with Crippen molar-refractivity contribution in [2.45, 2.75) is 46.6 Å². The Labute approximate surface area is 197 Å². The molecular formula is C27H34N6. The van der Waals surface area contributed by atoms with Gasteiger partial charge in [0.2, 0.25) is 0 Å². The van der Waals surface area contributed by atoms with Gasteiger partial charge >= 0.3 is 0 Å². The zero-order valence-corrected chi connectivity index (χ0v) is 20.5. The molecule has 172 valence electrons. The summed E-state index contributed by atoms with van der Waals surface area (Å²) in [5.41, 5.74) is 7.26. The van der Waals surface area contributed by atoms with Gasteiger partial charge in [-0.05, 0) is 50.5 Å². The van der Waals surface area contributed by atoms with Crippen LogP contribution in [-0.2, 0) is 0 Å². The van der Waals surface area contributed by atoms with Crippen LogP contribution in [0.1, 0.15) is 49.2 Å². The summed E-state index contributed by atoms with van der Waals surface area (Å²) in [7, 11) is 0. The van der Waals surface area contributed by atoms with Crippen LogP contribution in [0, 0.1) is 13.8 Å². The molecule has 1 unspecified atom stereocenters. The lowest BCUT2D eigenvalue weighted by atomic mass is 10.0. The van der Waals surface area contributed by atoms with E-state index in [1.54, 1.807) is 0 Å². The maximum atomic E-state index is 5.06. The van der Waals surface area contributed by atoms with Crippen LogP contribution in [0.5, 0.6) is 0 Å². The summed E-state index contributed by atoms with van der Waals surface area (Å²) >= 11 is 0. The van der Waals surface area contributed by atoms with Crippen LogP contribution in [0.3, 0.4) is 0 Å². The van der Waals surface area contributed by atoms with E-state index in [-0.39, 0.29) is 12.0 Å². The Balaban J connectivity index is 1.80. The predicted octanol–water partition coefficient (Wildman–Crippen LogP) is 5.29. The number of piperazine rings is 1. The number of pyridine rings is 2.